The SMILES string of the molecule is CN=C(NCCc1cccs1)NCc1csc(Br)c1.I. The second-order valence-corrected chi connectivity index (χ2v) is 7.26. The molecule has 0 radical (unpaired) electrons. The number of thiophene rings is 2. The first kappa shape index (κ1) is 17.9. The van der Waals surface area contributed by atoms with E-state index in [-0.39, 0.29) is 24.0 Å². The fourth-order valence-electron chi connectivity index (χ4n) is 1.60. The molecule has 0 aliphatic heterocycles. The van der Waals surface area contributed by atoms with Gasteiger partial charge in [0.25, 0.3) is 0 Å². The van der Waals surface area contributed by atoms with E-state index in [1.54, 1.807) is 29.7 Å². The molecule has 0 bridgehead atoms. The van der Waals surface area contributed by atoms with Crippen LogP contribution in [0.3, 0.4) is 0 Å². The standard InChI is InChI=1S/C13H16BrN3S2.HI/c1-15-13(16-5-4-11-3-2-6-18-11)17-8-10-7-12(14)19-9-10;/h2-3,6-7,9H,4-5,8H2,1H3,(H2,15,16,17);1H. The van der Waals surface area contributed by atoms with Crippen LogP contribution in [0, 0.1) is 0 Å². The average Bonchev–Trinajstić information content (AvgIpc) is 3.05. The van der Waals surface area contributed by atoms with Gasteiger partial charge in [-0.25, -0.2) is 0 Å². The first-order valence-corrected chi connectivity index (χ1v) is 8.53. The summed E-state index contributed by atoms with van der Waals surface area (Å²) in [4.78, 5) is 5.61. The Hall–Kier alpha value is -0.120. The van der Waals surface area contributed by atoms with Crippen LogP contribution in [0.2, 0.25) is 0 Å². The van der Waals surface area contributed by atoms with Crippen molar-refractivity contribution in [2.45, 2.75) is 13.0 Å². The Kier molecular flexibility index (Phi) is 8.74. The maximum Gasteiger partial charge on any atom is 0.191 e. The molecule has 20 heavy (non-hydrogen) atoms. The van der Waals surface area contributed by atoms with Gasteiger partial charge in [-0.1, -0.05) is 6.07 Å². The highest BCUT2D eigenvalue weighted by Crippen LogP contribution is 2.20. The highest BCUT2D eigenvalue weighted by atomic mass is 127. The second-order valence-electron chi connectivity index (χ2n) is 3.94. The van der Waals surface area contributed by atoms with E-state index >= 15 is 0 Å². The Bertz CT molecular complexity index is 525. The lowest BCUT2D eigenvalue weighted by molar-refractivity contribution is 0.800. The van der Waals surface area contributed by atoms with Crippen molar-refractivity contribution in [3.05, 3.63) is 43.2 Å². The monoisotopic (exact) mass is 485 g/mol. The minimum Gasteiger partial charge on any atom is -0.356 e. The molecule has 0 atom stereocenters. The van der Waals surface area contributed by atoms with Crippen molar-refractivity contribution in [3.63, 3.8) is 0 Å². The van der Waals surface area contributed by atoms with Crippen LogP contribution in [0.1, 0.15) is 10.4 Å². The first-order chi connectivity index (χ1) is 9.28. The molecule has 2 rings (SSSR count). The molecule has 0 fully saturated rings. The van der Waals surface area contributed by atoms with Crippen molar-refractivity contribution in [1.29, 1.82) is 0 Å². The van der Waals surface area contributed by atoms with Crippen molar-refractivity contribution < 1.29 is 0 Å². The zero-order valence-corrected chi connectivity index (χ0v) is 16.6. The van der Waals surface area contributed by atoms with Gasteiger partial charge in [0.05, 0.1) is 3.79 Å². The van der Waals surface area contributed by atoms with Crippen LogP contribution in [0.15, 0.2) is 37.7 Å². The fourth-order valence-corrected chi connectivity index (χ4v) is 3.52. The predicted octanol–water partition coefficient (Wildman–Crippen LogP) is 4.10. The van der Waals surface area contributed by atoms with E-state index in [2.05, 4.69) is 60.5 Å². The van der Waals surface area contributed by atoms with E-state index in [1.807, 2.05) is 0 Å². The smallest absolute Gasteiger partial charge is 0.191 e. The van der Waals surface area contributed by atoms with Crippen LogP contribution in [0.25, 0.3) is 0 Å². The second kappa shape index (κ2) is 9.75. The van der Waals surface area contributed by atoms with Gasteiger partial charge < -0.3 is 10.6 Å². The summed E-state index contributed by atoms with van der Waals surface area (Å²) in [6.45, 7) is 1.69. The number of aliphatic imine (C=N–C) groups is 1. The Balaban J connectivity index is 0.00000200. The molecule has 110 valence electrons. The van der Waals surface area contributed by atoms with E-state index < -0.39 is 0 Å². The summed E-state index contributed by atoms with van der Waals surface area (Å²) in [5, 5.41) is 10.9. The molecule has 0 aliphatic carbocycles. The zero-order valence-electron chi connectivity index (χ0n) is 11.1. The quantitative estimate of drug-likeness (QED) is 0.380. The molecular formula is C13H17BrIN3S2. The van der Waals surface area contributed by atoms with E-state index in [1.165, 1.54) is 10.4 Å². The van der Waals surface area contributed by atoms with Crippen LogP contribution < -0.4 is 10.6 Å². The van der Waals surface area contributed by atoms with Gasteiger partial charge in [0.1, 0.15) is 0 Å². The van der Waals surface area contributed by atoms with Crippen LogP contribution in [0.4, 0.5) is 0 Å². The van der Waals surface area contributed by atoms with E-state index in [4.69, 9.17) is 0 Å². The van der Waals surface area contributed by atoms with Gasteiger partial charge in [-0.05, 0) is 50.8 Å². The van der Waals surface area contributed by atoms with Crippen LogP contribution in [0.5, 0.6) is 0 Å². The summed E-state index contributed by atoms with van der Waals surface area (Å²) in [5.74, 6) is 0.846. The molecule has 0 unspecified atom stereocenters. The molecule has 0 saturated carbocycles. The lowest BCUT2D eigenvalue weighted by Gasteiger charge is -2.10. The molecule has 2 N–H and O–H groups in total. The number of nitrogens with one attached hydrogen (secondary N) is 2. The molecular weight excluding hydrogens is 469 g/mol. The lowest BCUT2D eigenvalue weighted by atomic mass is 10.3. The topological polar surface area (TPSA) is 36.4 Å². The maximum atomic E-state index is 4.22. The Labute approximate surface area is 153 Å². The molecule has 7 heteroatoms. The van der Waals surface area contributed by atoms with E-state index in [0.717, 1.165) is 29.3 Å². The Morgan fingerprint density at radius 1 is 1.35 bits per heavy atom. The minimum absolute atomic E-state index is 0. The lowest BCUT2D eigenvalue weighted by Crippen LogP contribution is -2.37. The van der Waals surface area contributed by atoms with Crippen molar-refractivity contribution in [1.82, 2.24) is 10.6 Å². The molecule has 0 aliphatic rings. The summed E-state index contributed by atoms with van der Waals surface area (Å²) in [6, 6.07) is 6.36. The highest BCUT2D eigenvalue weighted by Gasteiger charge is 2.00. The van der Waals surface area contributed by atoms with Crippen molar-refractivity contribution >= 4 is 68.5 Å². The summed E-state index contributed by atoms with van der Waals surface area (Å²) < 4.78 is 1.16. The number of nitrogens with zero attached hydrogens (tertiary/aromatic N) is 1. The van der Waals surface area contributed by atoms with Gasteiger partial charge in [-0.2, -0.15) is 0 Å². The largest absolute Gasteiger partial charge is 0.356 e. The third-order valence-corrected chi connectivity index (χ3v) is 5.04. The van der Waals surface area contributed by atoms with Crippen molar-refractivity contribution in [2.75, 3.05) is 13.6 Å². The van der Waals surface area contributed by atoms with Crippen LogP contribution in [-0.2, 0) is 13.0 Å². The molecule has 0 saturated heterocycles. The van der Waals surface area contributed by atoms with Gasteiger partial charge in [-0.3, -0.25) is 4.99 Å². The van der Waals surface area contributed by atoms with Gasteiger partial charge in [0.15, 0.2) is 5.96 Å². The maximum absolute atomic E-state index is 4.22. The van der Waals surface area contributed by atoms with Gasteiger partial charge in [-0.15, -0.1) is 46.7 Å². The van der Waals surface area contributed by atoms with Gasteiger partial charge in [0, 0.05) is 25.0 Å². The number of guanidine groups is 1. The first-order valence-electron chi connectivity index (χ1n) is 5.98. The highest BCUT2D eigenvalue weighted by molar-refractivity contribution is 14.0. The van der Waals surface area contributed by atoms with Crippen molar-refractivity contribution in [2.24, 2.45) is 4.99 Å². The number of halogens is 2. The Morgan fingerprint density at radius 3 is 2.80 bits per heavy atom. The molecule has 0 amide bonds. The Morgan fingerprint density at radius 2 is 2.20 bits per heavy atom. The van der Waals surface area contributed by atoms with Crippen molar-refractivity contribution in [3.8, 4) is 0 Å². The zero-order chi connectivity index (χ0) is 13.5. The molecule has 3 nitrogen and oxygen atoms in total. The minimum atomic E-state index is 0. The van der Waals surface area contributed by atoms with Crippen LogP contribution >= 0.6 is 62.6 Å². The molecule has 2 aromatic heterocycles. The summed E-state index contributed by atoms with van der Waals surface area (Å²) in [7, 11) is 1.80. The van der Waals surface area contributed by atoms with E-state index in [9.17, 15) is 0 Å². The molecule has 2 heterocycles. The summed E-state index contributed by atoms with van der Waals surface area (Å²) in [6.07, 6.45) is 1.03. The number of rotatable bonds is 5. The fraction of sp³-hybridized carbons (Fsp3) is 0.308. The predicted molar refractivity (Wildman–Crippen MR) is 104 cm³/mol. The summed E-state index contributed by atoms with van der Waals surface area (Å²) in [5.41, 5.74) is 1.26. The molecule has 0 aromatic carbocycles. The normalized spacial score (nSPS) is 11.0. The van der Waals surface area contributed by atoms with E-state index in [0.29, 0.717) is 0 Å². The third kappa shape index (κ3) is 6.11. The third-order valence-electron chi connectivity index (χ3n) is 2.55. The number of hydrogen-bond donors (Lipinski definition) is 2. The van der Waals surface area contributed by atoms with Gasteiger partial charge >= 0.3 is 0 Å². The van der Waals surface area contributed by atoms with Gasteiger partial charge in [0.2, 0.25) is 0 Å². The van der Waals surface area contributed by atoms with Crippen LogP contribution in [-0.4, -0.2) is 19.6 Å². The molecule has 2 aromatic rings. The average molecular weight is 486 g/mol. The summed E-state index contributed by atoms with van der Waals surface area (Å²) >= 11 is 6.95. The molecule has 0 spiro atoms. The number of hydrogen-bond acceptors (Lipinski definition) is 3.